The van der Waals surface area contributed by atoms with Gasteiger partial charge in [-0.05, 0) is 18.6 Å². The topological polar surface area (TPSA) is 29.1 Å². The van der Waals surface area contributed by atoms with E-state index >= 15 is 0 Å². The Morgan fingerprint density at radius 1 is 1.50 bits per heavy atom. The second-order valence-electron chi connectivity index (χ2n) is 2.93. The number of hydrogen-bond donors (Lipinski definition) is 2. The van der Waals surface area contributed by atoms with Crippen molar-refractivity contribution in [3.05, 3.63) is 0 Å². The fourth-order valence-electron chi connectivity index (χ4n) is 1.13. The van der Waals surface area contributed by atoms with E-state index in [1.165, 1.54) is 0 Å². The fourth-order valence-corrected chi connectivity index (χ4v) is 1.33. The molecule has 0 saturated carbocycles. The number of amides is 1. The van der Waals surface area contributed by atoms with Crippen LogP contribution in [0.15, 0.2) is 0 Å². The van der Waals surface area contributed by atoms with Gasteiger partial charge in [-0.1, -0.05) is 20.3 Å². The highest BCUT2D eigenvalue weighted by Crippen LogP contribution is 2.01. The van der Waals surface area contributed by atoms with E-state index in [4.69, 9.17) is 0 Å². The number of rotatable bonds is 6. The van der Waals surface area contributed by atoms with E-state index < -0.39 is 0 Å². The van der Waals surface area contributed by atoms with Gasteiger partial charge in [-0.25, -0.2) is 0 Å². The monoisotopic (exact) mass is 189 g/mol. The van der Waals surface area contributed by atoms with E-state index in [0.29, 0.717) is 18.2 Å². The second-order valence-corrected chi connectivity index (χ2v) is 3.38. The molecule has 0 aliphatic carbocycles. The molecule has 0 radical (unpaired) electrons. The molecule has 0 fully saturated rings. The van der Waals surface area contributed by atoms with E-state index in [1.807, 2.05) is 0 Å². The molecule has 1 atom stereocenters. The number of carbonyl (C=O) groups is 1. The van der Waals surface area contributed by atoms with Crippen LogP contribution in [0, 0.1) is 0 Å². The minimum Gasteiger partial charge on any atom is -0.353 e. The van der Waals surface area contributed by atoms with Crippen LogP contribution in [0.4, 0.5) is 0 Å². The largest absolute Gasteiger partial charge is 0.353 e. The molecule has 0 rings (SSSR count). The smallest absolute Gasteiger partial charge is 0.221 e. The standard InChI is InChI=1S/C9H19NOS/c1-3-5-8(4-2)10-9(11)6-7-12/h8,12H,3-7H2,1-2H3,(H,10,11). The van der Waals surface area contributed by atoms with Crippen LogP contribution < -0.4 is 5.32 Å². The Hall–Kier alpha value is -0.180. The van der Waals surface area contributed by atoms with Gasteiger partial charge in [-0.3, -0.25) is 4.79 Å². The molecule has 0 aliphatic heterocycles. The van der Waals surface area contributed by atoms with Crippen molar-refractivity contribution in [2.75, 3.05) is 5.75 Å². The molecule has 0 bridgehead atoms. The van der Waals surface area contributed by atoms with E-state index in [-0.39, 0.29) is 5.91 Å². The van der Waals surface area contributed by atoms with Crippen molar-refractivity contribution in [3.63, 3.8) is 0 Å². The van der Waals surface area contributed by atoms with Gasteiger partial charge in [-0.2, -0.15) is 12.6 Å². The van der Waals surface area contributed by atoms with Gasteiger partial charge in [-0.15, -0.1) is 0 Å². The lowest BCUT2D eigenvalue weighted by Crippen LogP contribution is -2.34. The summed E-state index contributed by atoms with van der Waals surface area (Å²) >= 11 is 4.00. The van der Waals surface area contributed by atoms with Crippen molar-refractivity contribution in [2.24, 2.45) is 0 Å². The Morgan fingerprint density at radius 3 is 2.58 bits per heavy atom. The first-order chi connectivity index (χ1) is 5.74. The molecule has 1 N–H and O–H groups in total. The maximum atomic E-state index is 11.1. The number of carbonyl (C=O) groups excluding carboxylic acids is 1. The van der Waals surface area contributed by atoms with E-state index in [9.17, 15) is 4.79 Å². The molecule has 72 valence electrons. The molecule has 12 heavy (non-hydrogen) atoms. The summed E-state index contributed by atoms with van der Waals surface area (Å²) in [7, 11) is 0. The highest BCUT2D eigenvalue weighted by atomic mass is 32.1. The molecule has 3 heteroatoms. The van der Waals surface area contributed by atoms with Gasteiger partial charge < -0.3 is 5.32 Å². The Balaban J connectivity index is 3.61. The lowest BCUT2D eigenvalue weighted by molar-refractivity contribution is -0.121. The molecular weight excluding hydrogens is 170 g/mol. The summed E-state index contributed by atoms with van der Waals surface area (Å²) < 4.78 is 0. The quantitative estimate of drug-likeness (QED) is 0.615. The zero-order valence-corrected chi connectivity index (χ0v) is 8.86. The Kier molecular flexibility index (Phi) is 7.36. The average Bonchev–Trinajstić information content (AvgIpc) is 2.04. The SMILES string of the molecule is CCCC(CC)NC(=O)CCS. The van der Waals surface area contributed by atoms with Crippen LogP contribution in [0.25, 0.3) is 0 Å². The zero-order valence-electron chi connectivity index (χ0n) is 7.97. The molecule has 1 unspecified atom stereocenters. The summed E-state index contributed by atoms with van der Waals surface area (Å²) in [5.41, 5.74) is 0. The first-order valence-electron chi connectivity index (χ1n) is 4.64. The molecule has 0 aliphatic rings. The summed E-state index contributed by atoms with van der Waals surface area (Å²) in [4.78, 5) is 11.1. The molecule has 0 saturated heterocycles. The van der Waals surface area contributed by atoms with Gasteiger partial charge in [0.25, 0.3) is 0 Å². The molecule has 0 aromatic rings. The van der Waals surface area contributed by atoms with Crippen LogP contribution in [0.5, 0.6) is 0 Å². The van der Waals surface area contributed by atoms with Crippen molar-refractivity contribution in [1.29, 1.82) is 0 Å². The number of nitrogens with one attached hydrogen (secondary N) is 1. The third-order valence-electron chi connectivity index (χ3n) is 1.83. The second kappa shape index (κ2) is 7.47. The highest BCUT2D eigenvalue weighted by molar-refractivity contribution is 7.80. The summed E-state index contributed by atoms with van der Waals surface area (Å²) in [5, 5.41) is 2.98. The Bertz CT molecular complexity index is 128. The summed E-state index contributed by atoms with van der Waals surface area (Å²) in [5.74, 6) is 0.763. The van der Waals surface area contributed by atoms with Crippen molar-refractivity contribution in [2.45, 2.75) is 45.6 Å². The third-order valence-corrected chi connectivity index (χ3v) is 2.06. The molecular formula is C9H19NOS. The number of thiol groups is 1. The van der Waals surface area contributed by atoms with Crippen molar-refractivity contribution in [3.8, 4) is 0 Å². The van der Waals surface area contributed by atoms with E-state index in [2.05, 4.69) is 31.8 Å². The summed E-state index contributed by atoms with van der Waals surface area (Å²) in [6.07, 6.45) is 3.75. The molecule has 0 heterocycles. The first-order valence-corrected chi connectivity index (χ1v) is 5.28. The summed E-state index contributed by atoms with van der Waals surface area (Å²) in [6, 6.07) is 0.363. The fraction of sp³-hybridized carbons (Fsp3) is 0.889. The molecule has 1 amide bonds. The summed E-state index contributed by atoms with van der Waals surface area (Å²) in [6.45, 7) is 4.23. The van der Waals surface area contributed by atoms with E-state index in [0.717, 1.165) is 19.3 Å². The van der Waals surface area contributed by atoms with Gasteiger partial charge >= 0.3 is 0 Å². The van der Waals surface area contributed by atoms with Crippen molar-refractivity contribution < 1.29 is 4.79 Å². The van der Waals surface area contributed by atoms with Crippen LogP contribution in [0.3, 0.4) is 0 Å². The van der Waals surface area contributed by atoms with E-state index in [1.54, 1.807) is 0 Å². The Labute approximate surface area is 80.5 Å². The van der Waals surface area contributed by atoms with Gasteiger partial charge in [0, 0.05) is 12.5 Å². The van der Waals surface area contributed by atoms with Crippen LogP contribution in [0.1, 0.15) is 39.5 Å². The van der Waals surface area contributed by atoms with Gasteiger partial charge in [0.1, 0.15) is 0 Å². The highest BCUT2D eigenvalue weighted by Gasteiger charge is 2.07. The van der Waals surface area contributed by atoms with Gasteiger partial charge in [0.2, 0.25) is 5.91 Å². The van der Waals surface area contributed by atoms with Crippen LogP contribution in [-0.4, -0.2) is 17.7 Å². The maximum Gasteiger partial charge on any atom is 0.221 e. The predicted octanol–water partition coefficient (Wildman–Crippen LogP) is 2.00. The van der Waals surface area contributed by atoms with Crippen molar-refractivity contribution in [1.82, 2.24) is 5.32 Å². The minimum atomic E-state index is 0.130. The lowest BCUT2D eigenvalue weighted by Gasteiger charge is -2.15. The lowest BCUT2D eigenvalue weighted by atomic mass is 10.1. The van der Waals surface area contributed by atoms with Gasteiger partial charge in [0.05, 0.1) is 0 Å². The van der Waals surface area contributed by atoms with Gasteiger partial charge in [0.15, 0.2) is 0 Å². The van der Waals surface area contributed by atoms with Crippen LogP contribution >= 0.6 is 12.6 Å². The molecule has 2 nitrogen and oxygen atoms in total. The van der Waals surface area contributed by atoms with Crippen molar-refractivity contribution >= 4 is 18.5 Å². The Morgan fingerprint density at radius 2 is 2.17 bits per heavy atom. The first kappa shape index (κ1) is 11.8. The van der Waals surface area contributed by atoms with Crippen LogP contribution in [-0.2, 0) is 4.79 Å². The van der Waals surface area contributed by atoms with Crippen LogP contribution in [0.2, 0.25) is 0 Å². The molecule has 0 aromatic heterocycles. The maximum absolute atomic E-state index is 11.1. The minimum absolute atomic E-state index is 0.130. The predicted molar refractivity (Wildman–Crippen MR) is 55.6 cm³/mol. The number of hydrogen-bond acceptors (Lipinski definition) is 2. The molecule has 0 spiro atoms. The normalized spacial score (nSPS) is 12.6. The zero-order chi connectivity index (χ0) is 9.40. The molecule has 0 aromatic carbocycles. The third kappa shape index (κ3) is 5.47. The average molecular weight is 189 g/mol.